The second-order valence-corrected chi connectivity index (χ2v) is 7.16. The molecule has 0 spiro atoms. The zero-order chi connectivity index (χ0) is 17.4. The standard InChI is InChI=1S/C19H22FN3O2/c20-13-3-4-15-16(10-18(24)22-17(15)9-13)19(25)23-7-5-14(6-8-23)21-11-12-1-2-12/h3-4,9-10,12,14,21H,1-2,5-8,11H2,(H,22,24). The molecule has 6 heteroatoms. The van der Waals surface area contributed by atoms with E-state index in [9.17, 15) is 14.0 Å². The normalized spacial score (nSPS) is 18.7. The first kappa shape index (κ1) is 16.3. The first-order valence-corrected chi connectivity index (χ1v) is 8.95. The molecular weight excluding hydrogens is 321 g/mol. The van der Waals surface area contributed by atoms with Crippen molar-refractivity contribution in [1.82, 2.24) is 15.2 Å². The summed E-state index contributed by atoms with van der Waals surface area (Å²) in [6.45, 7) is 2.44. The van der Waals surface area contributed by atoms with Gasteiger partial charge in [0.05, 0.1) is 11.1 Å². The number of carbonyl (C=O) groups is 1. The van der Waals surface area contributed by atoms with Gasteiger partial charge in [0.1, 0.15) is 5.82 Å². The van der Waals surface area contributed by atoms with Crippen LogP contribution in [0.15, 0.2) is 29.1 Å². The lowest BCUT2D eigenvalue weighted by Crippen LogP contribution is -2.45. The summed E-state index contributed by atoms with van der Waals surface area (Å²) in [5.74, 6) is 0.265. The van der Waals surface area contributed by atoms with E-state index in [1.165, 1.54) is 31.0 Å². The van der Waals surface area contributed by atoms with E-state index in [0.29, 0.717) is 35.6 Å². The second-order valence-electron chi connectivity index (χ2n) is 7.16. The van der Waals surface area contributed by atoms with Crippen LogP contribution >= 0.6 is 0 Å². The molecule has 2 fully saturated rings. The summed E-state index contributed by atoms with van der Waals surface area (Å²) in [4.78, 5) is 29.1. The second kappa shape index (κ2) is 6.59. The van der Waals surface area contributed by atoms with Gasteiger partial charge in [0.2, 0.25) is 5.56 Å². The van der Waals surface area contributed by atoms with Crippen molar-refractivity contribution in [2.24, 2.45) is 5.92 Å². The van der Waals surface area contributed by atoms with Crippen molar-refractivity contribution in [3.63, 3.8) is 0 Å². The average molecular weight is 343 g/mol. The molecule has 1 aromatic carbocycles. The highest BCUT2D eigenvalue weighted by Crippen LogP contribution is 2.28. The number of pyridine rings is 1. The zero-order valence-corrected chi connectivity index (χ0v) is 14.1. The van der Waals surface area contributed by atoms with Crippen LogP contribution in [0, 0.1) is 11.7 Å². The van der Waals surface area contributed by atoms with Crippen LogP contribution in [0.1, 0.15) is 36.0 Å². The Morgan fingerprint density at radius 1 is 1.20 bits per heavy atom. The Morgan fingerprint density at radius 2 is 1.96 bits per heavy atom. The molecule has 5 nitrogen and oxygen atoms in total. The maximum atomic E-state index is 13.4. The highest BCUT2D eigenvalue weighted by Gasteiger charge is 2.27. The summed E-state index contributed by atoms with van der Waals surface area (Å²) in [6.07, 6.45) is 4.52. The van der Waals surface area contributed by atoms with Gasteiger partial charge in [-0.1, -0.05) is 0 Å². The van der Waals surface area contributed by atoms with Crippen LogP contribution in [0.25, 0.3) is 10.9 Å². The van der Waals surface area contributed by atoms with Gasteiger partial charge in [-0.25, -0.2) is 4.39 Å². The number of likely N-dealkylation sites (tertiary alicyclic amines) is 1. The Kier molecular flexibility index (Phi) is 4.29. The number of fused-ring (bicyclic) bond motifs is 1. The molecule has 132 valence electrons. The van der Waals surface area contributed by atoms with Crippen LogP contribution in [-0.2, 0) is 0 Å². The monoisotopic (exact) mass is 343 g/mol. The van der Waals surface area contributed by atoms with Crippen LogP contribution < -0.4 is 10.9 Å². The molecule has 0 radical (unpaired) electrons. The number of nitrogens with one attached hydrogen (secondary N) is 2. The number of hydrogen-bond donors (Lipinski definition) is 2. The summed E-state index contributed by atoms with van der Waals surface area (Å²) in [5, 5.41) is 4.18. The molecule has 2 aliphatic rings. The molecule has 2 N–H and O–H groups in total. The SMILES string of the molecule is O=C(c1cc(=O)[nH]c2cc(F)ccc12)N1CCC(NCC2CC2)CC1. The maximum Gasteiger partial charge on any atom is 0.254 e. The Hall–Kier alpha value is -2.21. The molecule has 0 atom stereocenters. The number of nitrogens with zero attached hydrogens (tertiary/aromatic N) is 1. The van der Waals surface area contributed by atoms with Gasteiger partial charge in [-0.3, -0.25) is 9.59 Å². The van der Waals surface area contributed by atoms with E-state index in [0.717, 1.165) is 25.3 Å². The number of halogens is 1. The third kappa shape index (κ3) is 3.58. The maximum absolute atomic E-state index is 13.4. The number of rotatable bonds is 4. The van der Waals surface area contributed by atoms with E-state index in [2.05, 4.69) is 10.3 Å². The predicted molar refractivity (Wildman–Crippen MR) is 94.2 cm³/mol. The van der Waals surface area contributed by atoms with Crippen molar-refractivity contribution in [2.45, 2.75) is 31.7 Å². The van der Waals surface area contributed by atoms with Gasteiger partial charge in [0.15, 0.2) is 0 Å². The number of H-pyrrole nitrogens is 1. The van der Waals surface area contributed by atoms with Crippen LogP contribution in [0.4, 0.5) is 4.39 Å². The lowest BCUT2D eigenvalue weighted by Gasteiger charge is -2.32. The first-order chi connectivity index (χ1) is 12.1. The van der Waals surface area contributed by atoms with Gasteiger partial charge in [-0.05, 0) is 56.3 Å². The van der Waals surface area contributed by atoms with E-state index in [4.69, 9.17) is 0 Å². The van der Waals surface area contributed by atoms with Gasteiger partial charge in [-0.2, -0.15) is 0 Å². The Labute approximate surface area is 145 Å². The van der Waals surface area contributed by atoms with Gasteiger partial charge in [-0.15, -0.1) is 0 Å². The van der Waals surface area contributed by atoms with Crippen molar-refractivity contribution in [2.75, 3.05) is 19.6 Å². The lowest BCUT2D eigenvalue weighted by molar-refractivity contribution is 0.0706. The molecule has 0 bridgehead atoms. The fraction of sp³-hybridized carbons (Fsp3) is 0.474. The number of aromatic nitrogens is 1. The average Bonchev–Trinajstić information content (AvgIpc) is 3.43. The van der Waals surface area contributed by atoms with Gasteiger partial charge in [0, 0.05) is 30.6 Å². The van der Waals surface area contributed by atoms with E-state index < -0.39 is 5.82 Å². The molecule has 25 heavy (non-hydrogen) atoms. The molecule has 1 saturated heterocycles. The lowest BCUT2D eigenvalue weighted by atomic mass is 10.0. The minimum atomic E-state index is -0.435. The van der Waals surface area contributed by atoms with E-state index >= 15 is 0 Å². The Balaban J connectivity index is 1.49. The predicted octanol–water partition coefficient (Wildman–Crippen LogP) is 2.27. The van der Waals surface area contributed by atoms with Crippen molar-refractivity contribution in [3.05, 3.63) is 46.0 Å². The molecule has 2 heterocycles. The van der Waals surface area contributed by atoms with Crippen LogP contribution in [0.3, 0.4) is 0 Å². The van der Waals surface area contributed by atoms with E-state index in [-0.39, 0.29) is 11.5 Å². The Bertz CT molecular complexity index is 851. The highest BCUT2D eigenvalue weighted by atomic mass is 19.1. The summed E-state index contributed by atoms with van der Waals surface area (Å²) < 4.78 is 13.4. The largest absolute Gasteiger partial charge is 0.339 e. The smallest absolute Gasteiger partial charge is 0.254 e. The number of carbonyl (C=O) groups excluding carboxylic acids is 1. The number of amides is 1. The fourth-order valence-corrected chi connectivity index (χ4v) is 3.52. The van der Waals surface area contributed by atoms with Gasteiger partial charge >= 0.3 is 0 Å². The Morgan fingerprint density at radius 3 is 2.68 bits per heavy atom. The quantitative estimate of drug-likeness (QED) is 0.895. The molecule has 1 amide bonds. The summed E-state index contributed by atoms with van der Waals surface area (Å²) in [5.41, 5.74) is 0.322. The van der Waals surface area contributed by atoms with Crippen molar-refractivity contribution in [3.8, 4) is 0 Å². The van der Waals surface area contributed by atoms with Crippen molar-refractivity contribution >= 4 is 16.8 Å². The topological polar surface area (TPSA) is 65.2 Å². The number of aromatic amines is 1. The number of hydrogen-bond acceptors (Lipinski definition) is 3. The third-order valence-electron chi connectivity index (χ3n) is 5.21. The molecule has 1 aliphatic heterocycles. The van der Waals surface area contributed by atoms with Crippen molar-refractivity contribution < 1.29 is 9.18 Å². The van der Waals surface area contributed by atoms with E-state index in [1.807, 2.05) is 0 Å². The molecule has 2 aromatic rings. The first-order valence-electron chi connectivity index (χ1n) is 8.95. The van der Waals surface area contributed by atoms with E-state index in [1.54, 1.807) is 11.0 Å². The number of benzene rings is 1. The summed E-state index contributed by atoms with van der Waals surface area (Å²) in [6, 6.07) is 5.90. The summed E-state index contributed by atoms with van der Waals surface area (Å²) in [7, 11) is 0. The fourth-order valence-electron chi connectivity index (χ4n) is 3.52. The van der Waals surface area contributed by atoms with Crippen molar-refractivity contribution in [1.29, 1.82) is 0 Å². The minimum Gasteiger partial charge on any atom is -0.339 e. The molecule has 1 aromatic heterocycles. The van der Waals surface area contributed by atoms with Crippen LogP contribution in [0.5, 0.6) is 0 Å². The van der Waals surface area contributed by atoms with Gasteiger partial charge < -0.3 is 15.2 Å². The minimum absolute atomic E-state index is 0.150. The molecule has 4 rings (SSSR count). The molecule has 1 saturated carbocycles. The number of piperidine rings is 1. The third-order valence-corrected chi connectivity index (χ3v) is 5.21. The molecule has 1 aliphatic carbocycles. The molecule has 0 unspecified atom stereocenters. The molecular formula is C19H22FN3O2. The van der Waals surface area contributed by atoms with Crippen LogP contribution in [-0.4, -0.2) is 41.5 Å². The zero-order valence-electron chi connectivity index (χ0n) is 14.1. The highest BCUT2D eigenvalue weighted by molar-refractivity contribution is 6.06. The van der Waals surface area contributed by atoms with Gasteiger partial charge in [0.25, 0.3) is 5.91 Å². The summed E-state index contributed by atoms with van der Waals surface area (Å²) >= 11 is 0. The van der Waals surface area contributed by atoms with Crippen LogP contribution in [0.2, 0.25) is 0 Å².